The molecule has 1 aromatic carbocycles. The van der Waals surface area contributed by atoms with E-state index in [1.165, 1.54) is 11.6 Å². The van der Waals surface area contributed by atoms with Crippen LogP contribution in [0.3, 0.4) is 0 Å². The van der Waals surface area contributed by atoms with Crippen LogP contribution in [-0.2, 0) is 12.8 Å². The average Bonchev–Trinajstić information content (AvgIpc) is 2.50. The smallest absolute Gasteiger partial charge is 0.137 e. The van der Waals surface area contributed by atoms with Crippen molar-refractivity contribution in [3.05, 3.63) is 63.6 Å². The normalized spacial score (nSPS) is 12.4. The summed E-state index contributed by atoms with van der Waals surface area (Å²) in [6.07, 6.45) is 3.71. The van der Waals surface area contributed by atoms with Crippen molar-refractivity contribution in [2.45, 2.75) is 32.7 Å². The van der Waals surface area contributed by atoms with Crippen molar-refractivity contribution < 1.29 is 4.39 Å². The van der Waals surface area contributed by atoms with Crippen molar-refractivity contribution >= 4 is 15.9 Å². The van der Waals surface area contributed by atoms with Crippen LogP contribution in [0.4, 0.5) is 4.39 Å². The number of hydrogen-bond acceptors (Lipinski definition) is 2. The molecule has 112 valence electrons. The Hall–Kier alpha value is -1.26. The Balaban J connectivity index is 2.19. The molecule has 4 heteroatoms. The molecular formula is C17H20BrFN2. The summed E-state index contributed by atoms with van der Waals surface area (Å²) in [4.78, 5) is 4.51. The monoisotopic (exact) mass is 350 g/mol. The molecule has 0 saturated heterocycles. The van der Waals surface area contributed by atoms with Crippen molar-refractivity contribution in [3.63, 3.8) is 0 Å². The largest absolute Gasteiger partial charge is 0.310 e. The summed E-state index contributed by atoms with van der Waals surface area (Å²) in [6, 6.07) is 9.48. The fourth-order valence-corrected chi connectivity index (χ4v) is 2.67. The van der Waals surface area contributed by atoms with Crippen LogP contribution < -0.4 is 5.32 Å². The Morgan fingerprint density at radius 2 is 2.05 bits per heavy atom. The summed E-state index contributed by atoms with van der Waals surface area (Å²) < 4.78 is 13.9. The highest BCUT2D eigenvalue weighted by atomic mass is 79.9. The maximum Gasteiger partial charge on any atom is 0.137 e. The molecule has 1 N–H and O–H groups in total. The van der Waals surface area contributed by atoms with Gasteiger partial charge in [0.2, 0.25) is 0 Å². The van der Waals surface area contributed by atoms with Crippen LogP contribution in [0.25, 0.3) is 0 Å². The molecule has 0 fully saturated rings. The highest BCUT2D eigenvalue weighted by Crippen LogP contribution is 2.23. The number of pyridine rings is 1. The second-order valence-corrected chi connectivity index (χ2v) is 5.85. The number of benzene rings is 1. The van der Waals surface area contributed by atoms with Gasteiger partial charge in [-0.05, 0) is 58.2 Å². The summed E-state index contributed by atoms with van der Waals surface area (Å²) in [5, 5.41) is 3.44. The molecule has 1 aromatic heterocycles. The highest BCUT2D eigenvalue weighted by Gasteiger charge is 2.13. The standard InChI is InChI=1S/C17H20BrFN2/c1-3-12-5-7-14(21-11-12)10-17(20-4-2)13-6-8-16(19)15(18)9-13/h5-9,11,17,20H,3-4,10H2,1-2H3. The van der Waals surface area contributed by atoms with Gasteiger partial charge < -0.3 is 5.32 Å². The minimum Gasteiger partial charge on any atom is -0.310 e. The number of aryl methyl sites for hydroxylation is 1. The third-order valence-corrected chi connectivity index (χ3v) is 4.11. The lowest BCUT2D eigenvalue weighted by molar-refractivity contribution is 0.541. The summed E-state index contributed by atoms with van der Waals surface area (Å²) in [6.45, 7) is 5.04. The number of likely N-dealkylation sites (N-methyl/N-ethyl adjacent to an activating group) is 1. The Kier molecular flexibility index (Phi) is 5.88. The van der Waals surface area contributed by atoms with Crippen molar-refractivity contribution in [1.82, 2.24) is 10.3 Å². The van der Waals surface area contributed by atoms with E-state index in [-0.39, 0.29) is 11.9 Å². The molecule has 1 heterocycles. The van der Waals surface area contributed by atoms with Gasteiger partial charge >= 0.3 is 0 Å². The van der Waals surface area contributed by atoms with Crippen LogP contribution in [0.5, 0.6) is 0 Å². The Morgan fingerprint density at radius 1 is 1.24 bits per heavy atom. The van der Waals surface area contributed by atoms with Gasteiger partial charge in [-0.15, -0.1) is 0 Å². The second-order valence-electron chi connectivity index (χ2n) is 5.00. The van der Waals surface area contributed by atoms with Crippen LogP contribution in [0.1, 0.15) is 36.7 Å². The van der Waals surface area contributed by atoms with Gasteiger partial charge in [0, 0.05) is 24.4 Å². The fraction of sp³-hybridized carbons (Fsp3) is 0.353. The zero-order chi connectivity index (χ0) is 15.2. The first-order chi connectivity index (χ1) is 10.1. The van der Waals surface area contributed by atoms with Crippen LogP contribution in [0.2, 0.25) is 0 Å². The third kappa shape index (κ3) is 4.35. The summed E-state index contributed by atoms with van der Waals surface area (Å²) >= 11 is 3.25. The minimum absolute atomic E-state index is 0.131. The molecule has 0 radical (unpaired) electrons. The molecular weight excluding hydrogens is 331 g/mol. The molecule has 1 atom stereocenters. The molecule has 1 unspecified atom stereocenters. The molecule has 0 aliphatic heterocycles. The van der Waals surface area contributed by atoms with Crippen molar-refractivity contribution in [1.29, 1.82) is 0 Å². The molecule has 2 nitrogen and oxygen atoms in total. The maximum absolute atomic E-state index is 13.4. The molecule has 0 aliphatic rings. The lowest BCUT2D eigenvalue weighted by Crippen LogP contribution is -2.23. The van der Waals surface area contributed by atoms with Crippen LogP contribution in [0, 0.1) is 5.82 Å². The van der Waals surface area contributed by atoms with Gasteiger partial charge in [0.25, 0.3) is 0 Å². The van der Waals surface area contributed by atoms with Crippen LogP contribution in [0.15, 0.2) is 41.0 Å². The van der Waals surface area contributed by atoms with E-state index in [2.05, 4.69) is 52.2 Å². The first-order valence-electron chi connectivity index (χ1n) is 7.26. The van der Waals surface area contributed by atoms with Gasteiger partial charge in [0.05, 0.1) is 4.47 Å². The molecule has 21 heavy (non-hydrogen) atoms. The van der Waals surface area contributed by atoms with Crippen molar-refractivity contribution in [3.8, 4) is 0 Å². The Morgan fingerprint density at radius 3 is 2.62 bits per heavy atom. The van der Waals surface area contributed by atoms with Crippen LogP contribution >= 0.6 is 15.9 Å². The summed E-state index contributed by atoms with van der Waals surface area (Å²) in [5.74, 6) is -0.237. The number of halogens is 2. The van der Waals surface area contributed by atoms with Gasteiger partial charge in [-0.3, -0.25) is 4.98 Å². The fourth-order valence-electron chi connectivity index (χ4n) is 2.28. The van der Waals surface area contributed by atoms with Crippen molar-refractivity contribution in [2.24, 2.45) is 0 Å². The van der Waals surface area contributed by atoms with E-state index in [9.17, 15) is 4.39 Å². The summed E-state index contributed by atoms with van der Waals surface area (Å²) in [7, 11) is 0. The predicted octanol–water partition coefficient (Wildman–Crippen LogP) is 4.44. The van der Waals surface area contributed by atoms with E-state index in [0.29, 0.717) is 4.47 Å². The van der Waals surface area contributed by atoms with E-state index in [0.717, 1.165) is 30.6 Å². The average molecular weight is 351 g/mol. The predicted molar refractivity (Wildman–Crippen MR) is 87.8 cm³/mol. The van der Waals surface area contributed by atoms with Crippen molar-refractivity contribution in [2.75, 3.05) is 6.54 Å². The van der Waals surface area contributed by atoms with Gasteiger partial charge in [-0.1, -0.05) is 26.0 Å². The molecule has 2 aromatic rings. The number of nitrogens with zero attached hydrogens (tertiary/aromatic N) is 1. The molecule has 0 saturated carbocycles. The zero-order valence-corrected chi connectivity index (χ0v) is 14.0. The van der Waals surface area contributed by atoms with Gasteiger partial charge in [-0.2, -0.15) is 0 Å². The van der Waals surface area contributed by atoms with E-state index in [1.54, 1.807) is 0 Å². The number of rotatable bonds is 6. The van der Waals surface area contributed by atoms with E-state index in [4.69, 9.17) is 0 Å². The Labute approximate surface area is 133 Å². The molecule has 0 amide bonds. The summed E-state index contributed by atoms with van der Waals surface area (Å²) in [5.41, 5.74) is 3.34. The minimum atomic E-state index is -0.237. The Bertz CT molecular complexity index is 584. The molecule has 0 spiro atoms. The van der Waals surface area contributed by atoms with Gasteiger partial charge in [0.15, 0.2) is 0 Å². The maximum atomic E-state index is 13.4. The molecule has 0 aliphatic carbocycles. The van der Waals surface area contributed by atoms with Crippen LogP contribution in [-0.4, -0.2) is 11.5 Å². The third-order valence-electron chi connectivity index (χ3n) is 3.50. The van der Waals surface area contributed by atoms with E-state index >= 15 is 0 Å². The molecule has 2 rings (SSSR count). The van der Waals surface area contributed by atoms with E-state index < -0.39 is 0 Å². The lowest BCUT2D eigenvalue weighted by Gasteiger charge is -2.18. The lowest BCUT2D eigenvalue weighted by atomic mass is 10.0. The number of nitrogens with one attached hydrogen (secondary N) is 1. The first kappa shape index (κ1) is 16.1. The second kappa shape index (κ2) is 7.66. The quantitative estimate of drug-likeness (QED) is 0.832. The molecule has 0 bridgehead atoms. The first-order valence-corrected chi connectivity index (χ1v) is 8.05. The SMILES string of the molecule is CCNC(Cc1ccc(CC)cn1)c1ccc(F)c(Br)c1. The topological polar surface area (TPSA) is 24.9 Å². The van der Waals surface area contributed by atoms with E-state index in [1.807, 2.05) is 18.3 Å². The zero-order valence-electron chi connectivity index (χ0n) is 12.4. The highest BCUT2D eigenvalue weighted by molar-refractivity contribution is 9.10. The van der Waals surface area contributed by atoms with Gasteiger partial charge in [-0.25, -0.2) is 4.39 Å². The number of aromatic nitrogens is 1. The van der Waals surface area contributed by atoms with Gasteiger partial charge in [0.1, 0.15) is 5.82 Å². The number of hydrogen-bond donors (Lipinski definition) is 1.